The van der Waals surface area contributed by atoms with Crippen LogP contribution in [-0.4, -0.2) is 6.54 Å². The van der Waals surface area contributed by atoms with E-state index in [9.17, 15) is 0 Å². The van der Waals surface area contributed by atoms with Gasteiger partial charge in [-0.15, -0.1) is 5.73 Å². The molecular formula is C21H23N. The summed E-state index contributed by atoms with van der Waals surface area (Å²) in [4.78, 5) is 0. The molecule has 0 unspecified atom stereocenters. The highest BCUT2D eigenvalue weighted by Crippen LogP contribution is 2.42. The topological polar surface area (TPSA) is 12.0 Å². The second kappa shape index (κ2) is 7.26. The predicted molar refractivity (Wildman–Crippen MR) is 92.7 cm³/mol. The number of allylic oxidation sites excluding steroid dienone is 1. The molecule has 1 N–H and O–H groups in total. The Balaban J connectivity index is 1.64. The SMILES string of the molecule is C=C=C1C[C@H](CNCc2ccccc2)[C@@H](c2ccccc2)C1. The van der Waals surface area contributed by atoms with Crippen molar-refractivity contribution in [2.24, 2.45) is 5.92 Å². The second-order valence-electron chi connectivity index (χ2n) is 6.08. The van der Waals surface area contributed by atoms with E-state index in [0.717, 1.165) is 25.9 Å². The summed E-state index contributed by atoms with van der Waals surface area (Å²) in [6.45, 7) is 5.83. The van der Waals surface area contributed by atoms with Gasteiger partial charge in [0.15, 0.2) is 0 Å². The quantitative estimate of drug-likeness (QED) is 0.788. The molecule has 1 saturated carbocycles. The molecule has 1 aliphatic rings. The fourth-order valence-corrected chi connectivity index (χ4v) is 3.42. The molecule has 0 amide bonds. The fourth-order valence-electron chi connectivity index (χ4n) is 3.42. The highest BCUT2D eigenvalue weighted by atomic mass is 14.9. The van der Waals surface area contributed by atoms with Gasteiger partial charge in [-0.1, -0.05) is 67.2 Å². The van der Waals surface area contributed by atoms with E-state index >= 15 is 0 Å². The van der Waals surface area contributed by atoms with Crippen molar-refractivity contribution in [3.63, 3.8) is 0 Å². The van der Waals surface area contributed by atoms with Crippen LogP contribution in [0.5, 0.6) is 0 Å². The molecular weight excluding hydrogens is 266 g/mol. The molecule has 112 valence electrons. The van der Waals surface area contributed by atoms with Crippen molar-refractivity contribution in [2.75, 3.05) is 6.54 Å². The van der Waals surface area contributed by atoms with E-state index in [4.69, 9.17) is 0 Å². The number of hydrogen-bond acceptors (Lipinski definition) is 1. The molecule has 1 nitrogen and oxygen atoms in total. The lowest BCUT2D eigenvalue weighted by Crippen LogP contribution is -2.24. The average Bonchev–Trinajstić information content (AvgIpc) is 3.00. The van der Waals surface area contributed by atoms with Gasteiger partial charge in [0.2, 0.25) is 0 Å². The van der Waals surface area contributed by atoms with Gasteiger partial charge in [-0.25, -0.2) is 0 Å². The van der Waals surface area contributed by atoms with Gasteiger partial charge in [0.1, 0.15) is 0 Å². The average molecular weight is 289 g/mol. The third-order valence-electron chi connectivity index (χ3n) is 4.60. The molecule has 1 aliphatic carbocycles. The van der Waals surface area contributed by atoms with Crippen molar-refractivity contribution in [2.45, 2.75) is 25.3 Å². The van der Waals surface area contributed by atoms with Gasteiger partial charge in [-0.3, -0.25) is 0 Å². The minimum atomic E-state index is 0.591. The van der Waals surface area contributed by atoms with Gasteiger partial charge < -0.3 is 5.32 Å². The van der Waals surface area contributed by atoms with Gasteiger partial charge in [0.05, 0.1) is 0 Å². The van der Waals surface area contributed by atoms with Crippen LogP contribution in [0.15, 0.2) is 78.5 Å². The normalized spacial score (nSPS) is 20.8. The summed E-state index contributed by atoms with van der Waals surface area (Å²) in [5, 5.41) is 3.63. The smallest absolute Gasteiger partial charge is 0.0205 e. The summed E-state index contributed by atoms with van der Waals surface area (Å²) < 4.78 is 0. The van der Waals surface area contributed by atoms with Crippen LogP contribution in [0.2, 0.25) is 0 Å². The first kappa shape index (κ1) is 14.8. The zero-order valence-corrected chi connectivity index (χ0v) is 13.0. The molecule has 0 spiro atoms. The van der Waals surface area contributed by atoms with Gasteiger partial charge >= 0.3 is 0 Å². The molecule has 0 heterocycles. The molecule has 2 atom stereocenters. The molecule has 0 radical (unpaired) electrons. The minimum Gasteiger partial charge on any atom is -0.312 e. The number of benzene rings is 2. The number of hydrogen-bond donors (Lipinski definition) is 1. The molecule has 22 heavy (non-hydrogen) atoms. The molecule has 2 aromatic carbocycles. The number of nitrogens with one attached hydrogen (secondary N) is 1. The first-order valence-electron chi connectivity index (χ1n) is 8.04. The fraction of sp³-hybridized carbons (Fsp3) is 0.286. The van der Waals surface area contributed by atoms with Crippen molar-refractivity contribution in [1.82, 2.24) is 5.32 Å². The van der Waals surface area contributed by atoms with E-state index in [1.165, 1.54) is 16.7 Å². The Morgan fingerprint density at radius 1 is 0.955 bits per heavy atom. The summed E-state index contributed by atoms with van der Waals surface area (Å²) in [6, 6.07) is 21.5. The molecule has 1 heteroatoms. The van der Waals surface area contributed by atoms with Gasteiger partial charge in [0, 0.05) is 6.54 Å². The molecule has 2 aromatic rings. The van der Waals surface area contributed by atoms with Gasteiger partial charge in [0.25, 0.3) is 0 Å². The lowest BCUT2D eigenvalue weighted by atomic mass is 9.89. The first-order valence-corrected chi connectivity index (χ1v) is 8.04. The Labute approximate surface area is 133 Å². The van der Waals surface area contributed by atoms with Crippen LogP contribution in [0.3, 0.4) is 0 Å². The van der Waals surface area contributed by atoms with Crippen LogP contribution in [-0.2, 0) is 6.54 Å². The van der Waals surface area contributed by atoms with E-state index in [-0.39, 0.29) is 0 Å². The zero-order chi connectivity index (χ0) is 15.2. The lowest BCUT2D eigenvalue weighted by molar-refractivity contribution is 0.445. The standard InChI is InChI=1S/C21H23N/c1-2-17-13-20(16-22-15-18-9-5-3-6-10-18)21(14-17)19-11-7-4-8-12-19/h3-12,20-22H,1,13-16H2/t20-,21-/m1/s1. The molecule has 1 fully saturated rings. The van der Waals surface area contributed by atoms with Crippen LogP contribution in [0.4, 0.5) is 0 Å². The van der Waals surface area contributed by atoms with Crippen molar-refractivity contribution < 1.29 is 0 Å². The maximum atomic E-state index is 3.85. The molecule has 0 aliphatic heterocycles. The zero-order valence-electron chi connectivity index (χ0n) is 13.0. The summed E-state index contributed by atoms with van der Waals surface area (Å²) in [5.41, 5.74) is 7.30. The van der Waals surface area contributed by atoms with Crippen LogP contribution < -0.4 is 5.32 Å². The molecule has 3 rings (SSSR count). The van der Waals surface area contributed by atoms with Crippen LogP contribution >= 0.6 is 0 Å². The van der Waals surface area contributed by atoms with Crippen LogP contribution in [0.1, 0.15) is 29.9 Å². The van der Waals surface area contributed by atoms with E-state index in [1.807, 2.05) is 0 Å². The summed E-state index contributed by atoms with van der Waals surface area (Å²) in [6.07, 6.45) is 2.22. The second-order valence-corrected chi connectivity index (χ2v) is 6.08. The van der Waals surface area contributed by atoms with Crippen molar-refractivity contribution in [3.05, 3.63) is 89.7 Å². The number of rotatable bonds is 5. The monoisotopic (exact) mass is 289 g/mol. The van der Waals surface area contributed by atoms with E-state index in [2.05, 4.69) is 78.3 Å². The van der Waals surface area contributed by atoms with Gasteiger partial charge in [-0.05, 0) is 47.9 Å². The van der Waals surface area contributed by atoms with Crippen molar-refractivity contribution >= 4 is 0 Å². The third kappa shape index (κ3) is 3.57. The Kier molecular flexibility index (Phi) is 4.90. The summed E-state index contributed by atoms with van der Waals surface area (Å²) >= 11 is 0. The Morgan fingerprint density at radius 3 is 2.32 bits per heavy atom. The van der Waals surface area contributed by atoms with Gasteiger partial charge in [-0.2, -0.15) is 0 Å². The Bertz CT molecular complexity index is 638. The van der Waals surface area contributed by atoms with E-state index in [0.29, 0.717) is 11.8 Å². The highest BCUT2D eigenvalue weighted by Gasteiger charge is 2.31. The van der Waals surface area contributed by atoms with E-state index < -0.39 is 0 Å². The minimum absolute atomic E-state index is 0.591. The maximum absolute atomic E-state index is 3.85. The Hall–Kier alpha value is -2.08. The van der Waals surface area contributed by atoms with Crippen LogP contribution in [0, 0.1) is 5.92 Å². The van der Waals surface area contributed by atoms with Crippen LogP contribution in [0.25, 0.3) is 0 Å². The lowest BCUT2D eigenvalue weighted by Gasteiger charge is -2.20. The largest absolute Gasteiger partial charge is 0.312 e. The maximum Gasteiger partial charge on any atom is 0.0205 e. The molecule has 0 aromatic heterocycles. The molecule has 0 saturated heterocycles. The highest BCUT2D eigenvalue weighted by molar-refractivity contribution is 5.27. The van der Waals surface area contributed by atoms with Crippen molar-refractivity contribution in [3.8, 4) is 0 Å². The summed E-state index contributed by atoms with van der Waals surface area (Å²) in [5.74, 6) is 1.23. The molecule has 0 bridgehead atoms. The predicted octanol–water partition coefficient (Wildman–Crippen LogP) is 4.68. The Morgan fingerprint density at radius 2 is 1.64 bits per heavy atom. The van der Waals surface area contributed by atoms with Crippen molar-refractivity contribution in [1.29, 1.82) is 0 Å². The van der Waals surface area contributed by atoms with E-state index in [1.54, 1.807) is 0 Å². The summed E-state index contributed by atoms with van der Waals surface area (Å²) in [7, 11) is 0. The first-order chi connectivity index (χ1) is 10.9. The third-order valence-corrected chi connectivity index (χ3v) is 4.60.